The summed E-state index contributed by atoms with van der Waals surface area (Å²) in [6.45, 7) is 2.66. The third-order valence-electron chi connectivity index (χ3n) is 1.76. The van der Waals surface area contributed by atoms with E-state index in [1.54, 1.807) is 0 Å². The fourth-order valence-corrected chi connectivity index (χ4v) is 1.45. The first kappa shape index (κ1) is 13.7. The van der Waals surface area contributed by atoms with E-state index in [0.29, 0.717) is 5.02 Å². The van der Waals surface area contributed by atoms with Crippen LogP contribution in [0.15, 0.2) is 12.3 Å². The summed E-state index contributed by atoms with van der Waals surface area (Å²) in [7, 11) is 0. The topological polar surface area (TPSA) is 68.3 Å². The Balaban J connectivity index is 2.71. The van der Waals surface area contributed by atoms with Crippen LogP contribution in [-0.4, -0.2) is 23.0 Å². The molecule has 1 rings (SSSR count). The highest BCUT2D eigenvalue weighted by molar-refractivity contribution is 6.36. The van der Waals surface area contributed by atoms with E-state index in [0.717, 1.165) is 0 Å². The summed E-state index contributed by atoms with van der Waals surface area (Å²) in [5.74, 6) is -0.889. The standard InChI is InChI=1S/C10H10Cl2N2O3/c1-5(17-6(2)15)10(16)14-9-8(12)3-7(11)4-13-9/h3-5H,1-2H3,(H,13,14,16)/t5-/m1/s1. The van der Waals surface area contributed by atoms with E-state index >= 15 is 0 Å². The number of esters is 1. The maximum atomic E-state index is 11.6. The van der Waals surface area contributed by atoms with Crippen LogP contribution >= 0.6 is 23.2 Å². The van der Waals surface area contributed by atoms with Gasteiger partial charge in [0, 0.05) is 13.1 Å². The molecule has 0 aliphatic carbocycles. The molecule has 1 amide bonds. The van der Waals surface area contributed by atoms with Crippen molar-refractivity contribution in [1.82, 2.24) is 4.98 Å². The Morgan fingerprint density at radius 3 is 2.65 bits per heavy atom. The third kappa shape index (κ3) is 4.20. The number of pyridine rings is 1. The van der Waals surface area contributed by atoms with Gasteiger partial charge < -0.3 is 10.1 Å². The number of nitrogens with zero attached hydrogens (tertiary/aromatic N) is 1. The average Bonchev–Trinajstić information content (AvgIpc) is 2.21. The number of hydrogen-bond acceptors (Lipinski definition) is 4. The Morgan fingerprint density at radius 2 is 2.12 bits per heavy atom. The molecule has 17 heavy (non-hydrogen) atoms. The maximum Gasteiger partial charge on any atom is 0.303 e. The van der Waals surface area contributed by atoms with Crippen molar-refractivity contribution in [1.29, 1.82) is 0 Å². The zero-order chi connectivity index (χ0) is 13.0. The molecule has 92 valence electrons. The second-order valence-electron chi connectivity index (χ2n) is 3.22. The lowest BCUT2D eigenvalue weighted by molar-refractivity contribution is -0.150. The van der Waals surface area contributed by atoms with Crippen LogP contribution in [0.2, 0.25) is 10.0 Å². The molecule has 0 fully saturated rings. The van der Waals surface area contributed by atoms with E-state index in [1.807, 2.05) is 0 Å². The number of ether oxygens (including phenoxy) is 1. The highest BCUT2D eigenvalue weighted by atomic mass is 35.5. The van der Waals surface area contributed by atoms with Gasteiger partial charge in [-0.3, -0.25) is 9.59 Å². The largest absolute Gasteiger partial charge is 0.453 e. The number of halogens is 2. The Bertz CT molecular complexity index is 451. The number of anilines is 1. The van der Waals surface area contributed by atoms with Gasteiger partial charge in [0.2, 0.25) is 0 Å². The SMILES string of the molecule is CC(=O)O[C@H](C)C(=O)Nc1ncc(Cl)cc1Cl. The van der Waals surface area contributed by atoms with Gasteiger partial charge in [0.25, 0.3) is 5.91 Å². The van der Waals surface area contributed by atoms with Crippen molar-refractivity contribution in [3.63, 3.8) is 0 Å². The normalized spacial score (nSPS) is 11.8. The molecule has 0 aliphatic rings. The number of nitrogens with one attached hydrogen (secondary N) is 1. The van der Waals surface area contributed by atoms with E-state index in [9.17, 15) is 9.59 Å². The monoisotopic (exact) mass is 276 g/mol. The lowest BCUT2D eigenvalue weighted by Gasteiger charge is -2.12. The zero-order valence-corrected chi connectivity index (χ0v) is 10.7. The fourth-order valence-electron chi connectivity index (χ4n) is 1.03. The number of rotatable bonds is 3. The minimum absolute atomic E-state index is 0.167. The van der Waals surface area contributed by atoms with Crippen LogP contribution in [0.1, 0.15) is 13.8 Å². The van der Waals surface area contributed by atoms with Gasteiger partial charge in [-0.2, -0.15) is 0 Å². The van der Waals surface area contributed by atoms with Gasteiger partial charge >= 0.3 is 5.97 Å². The molecular formula is C10H10Cl2N2O3. The Morgan fingerprint density at radius 1 is 1.47 bits per heavy atom. The summed E-state index contributed by atoms with van der Waals surface area (Å²) in [6.07, 6.45) is 0.431. The highest BCUT2D eigenvalue weighted by Crippen LogP contribution is 2.22. The van der Waals surface area contributed by atoms with E-state index in [4.69, 9.17) is 27.9 Å². The molecule has 5 nitrogen and oxygen atoms in total. The smallest absolute Gasteiger partial charge is 0.303 e. The van der Waals surface area contributed by atoms with Crippen molar-refractivity contribution < 1.29 is 14.3 Å². The molecule has 0 radical (unpaired) electrons. The molecule has 1 aromatic rings. The number of hydrogen-bond donors (Lipinski definition) is 1. The van der Waals surface area contributed by atoms with Gasteiger partial charge in [-0.25, -0.2) is 4.98 Å². The van der Waals surface area contributed by atoms with Crippen LogP contribution in [0.3, 0.4) is 0 Å². The number of carbonyl (C=O) groups is 2. The summed E-state index contributed by atoms with van der Waals surface area (Å²) in [5, 5.41) is 3.00. The van der Waals surface area contributed by atoms with Crippen LogP contribution in [0.5, 0.6) is 0 Å². The second-order valence-corrected chi connectivity index (χ2v) is 4.07. The third-order valence-corrected chi connectivity index (χ3v) is 2.26. The number of carbonyl (C=O) groups excluding carboxylic acids is 2. The molecular weight excluding hydrogens is 267 g/mol. The predicted molar refractivity (Wildman–Crippen MR) is 64.1 cm³/mol. The molecule has 0 saturated carbocycles. The quantitative estimate of drug-likeness (QED) is 0.860. The molecule has 0 bridgehead atoms. The van der Waals surface area contributed by atoms with Gasteiger partial charge in [-0.1, -0.05) is 23.2 Å². The lowest BCUT2D eigenvalue weighted by atomic mass is 10.3. The molecule has 1 aromatic heterocycles. The van der Waals surface area contributed by atoms with Gasteiger partial charge in [0.05, 0.1) is 10.0 Å². The van der Waals surface area contributed by atoms with E-state index in [1.165, 1.54) is 26.1 Å². The molecule has 0 unspecified atom stereocenters. The van der Waals surface area contributed by atoms with Gasteiger partial charge in [-0.15, -0.1) is 0 Å². The molecule has 0 spiro atoms. The van der Waals surface area contributed by atoms with Crippen LogP contribution in [0, 0.1) is 0 Å². The molecule has 0 aromatic carbocycles. The molecule has 0 aliphatic heterocycles. The lowest BCUT2D eigenvalue weighted by Crippen LogP contribution is -2.29. The molecule has 0 saturated heterocycles. The average molecular weight is 277 g/mol. The summed E-state index contributed by atoms with van der Waals surface area (Å²) < 4.78 is 4.70. The highest BCUT2D eigenvalue weighted by Gasteiger charge is 2.17. The first-order valence-corrected chi connectivity index (χ1v) is 5.45. The summed E-state index contributed by atoms with van der Waals surface area (Å²) in [5.41, 5.74) is 0. The molecule has 1 atom stereocenters. The second kappa shape index (κ2) is 5.84. The van der Waals surface area contributed by atoms with E-state index in [2.05, 4.69) is 10.3 Å². The molecule has 1 N–H and O–H groups in total. The Labute approximate surface area is 108 Å². The van der Waals surface area contributed by atoms with Crippen molar-refractivity contribution in [3.05, 3.63) is 22.3 Å². The first-order chi connectivity index (χ1) is 7.90. The Kier molecular flexibility index (Phi) is 4.72. The number of amides is 1. The minimum Gasteiger partial charge on any atom is -0.453 e. The first-order valence-electron chi connectivity index (χ1n) is 4.69. The van der Waals surface area contributed by atoms with Crippen LogP contribution < -0.4 is 5.32 Å². The molecule has 1 heterocycles. The van der Waals surface area contributed by atoms with Crippen molar-refractivity contribution in [3.8, 4) is 0 Å². The van der Waals surface area contributed by atoms with Gasteiger partial charge in [0.1, 0.15) is 0 Å². The van der Waals surface area contributed by atoms with Crippen molar-refractivity contribution >= 4 is 40.9 Å². The summed E-state index contributed by atoms with van der Waals surface area (Å²) in [6, 6.07) is 1.45. The van der Waals surface area contributed by atoms with Crippen molar-refractivity contribution in [2.45, 2.75) is 20.0 Å². The van der Waals surface area contributed by atoms with Crippen molar-refractivity contribution in [2.75, 3.05) is 5.32 Å². The van der Waals surface area contributed by atoms with E-state index < -0.39 is 18.0 Å². The number of aromatic nitrogens is 1. The fraction of sp³-hybridized carbons (Fsp3) is 0.300. The molecule has 7 heteroatoms. The summed E-state index contributed by atoms with van der Waals surface area (Å²) >= 11 is 11.5. The zero-order valence-electron chi connectivity index (χ0n) is 9.16. The van der Waals surface area contributed by atoms with Crippen LogP contribution in [0.25, 0.3) is 0 Å². The van der Waals surface area contributed by atoms with Crippen LogP contribution in [0.4, 0.5) is 5.82 Å². The van der Waals surface area contributed by atoms with E-state index in [-0.39, 0.29) is 10.8 Å². The van der Waals surface area contributed by atoms with Gasteiger partial charge in [-0.05, 0) is 13.0 Å². The van der Waals surface area contributed by atoms with Crippen molar-refractivity contribution in [2.24, 2.45) is 0 Å². The predicted octanol–water partition coefficient (Wildman–Crippen LogP) is 2.28. The van der Waals surface area contributed by atoms with Crippen LogP contribution in [-0.2, 0) is 14.3 Å². The Hall–Kier alpha value is -1.33. The minimum atomic E-state index is -0.916. The van der Waals surface area contributed by atoms with Gasteiger partial charge in [0.15, 0.2) is 11.9 Å². The maximum absolute atomic E-state index is 11.6. The summed E-state index contributed by atoms with van der Waals surface area (Å²) in [4.78, 5) is 26.1.